The van der Waals surface area contributed by atoms with Gasteiger partial charge in [0.25, 0.3) is 0 Å². The number of nitrogens with zero attached hydrogens (tertiary/aromatic N) is 1. The number of carbonyl (C=O) groups excluding carboxylic acids is 1. The van der Waals surface area contributed by atoms with Crippen molar-refractivity contribution in [2.24, 2.45) is 0 Å². The van der Waals surface area contributed by atoms with Gasteiger partial charge in [0.05, 0.1) is 0 Å². The second kappa shape index (κ2) is 5.05. The van der Waals surface area contributed by atoms with Crippen LogP contribution in [0.25, 0.3) is 0 Å². The number of carbonyl (C=O) groups is 1. The van der Waals surface area contributed by atoms with Crippen LogP contribution in [0.3, 0.4) is 0 Å². The molecule has 1 aromatic rings. The molecule has 0 heterocycles. The van der Waals surface area contributed by atoms with Crippen LogP contribution >= 0.6 is 12.6 Å². The first-order chi connectivity index (χ1) is 6.63. The van der Waals surface area contributed by atoms with Gasteiger partial charge in [0.2, 0.25) is 0 Å². The Morgan fingerprint density at radius 1 is 1.43 bits per heavy atom. The van der Waals surface area contributed by atoms with Gasteiger partial charge in [-0.1, -0.05) is 12.1 Å². The van der Waals surface area contributed by atoms with Crippen molar-refractivity contribution in [1.82, 2.24) is 0 Å². The zero-order chi connectivity index (χ0) is 10.6. The molecule has 0 spiro atoms. The standard InChI is InChI=1S/C11H15NOS/c1-12(2)10-5-3-4-9(6-10)7-11(13)8-14/h3-6,14H,7-8H2,1-2H3. The molecule has 14 heavy (non-hydrogen) atoms. The molecule has 0 fully saturated rings. The number of hydrogen-bond donors (Lipinski definition) is 1. The van der Waals surface area contributed by atoms with Crippen LogP contribution in [0.1, 0.15) is 5.56 Å². The van der Waals surface area contributed by atoms with Crippen molar-refractivity contribution in [3.8, 4) is 0 Å². The molecule has 0 saturated carbocycles. The van der Waals surface area contributed by atoms with Crippen LogP contribution in [0.4, 0.5) is 5.69 Å². The minimum atomic E-state index is 0.157. The molecule has 0 aliphatic carbocycles. The zero-order valence-electron chi connectivity index (χ0n) is 8.53. The van der Waals surface area contributed by atoms with Gasteiger partial charge in [0.15, 0.2) is 0 Å². The number of thiol groups is 1. The van der Waals surface area contributed by atoms with Gasteiger partial charge < -0.3 is 4.90 Å². The number of hydrogen-bond acceptors (Lipinski definition) is 3. The van der Waals surface area contributed by atoms with Crippen molar-refractivity contribution >= 4 is 24.1 Å². The molecule has 0 unspecified atom stereocenters. The summed E-state index contributed by atoms with van der Waals surface area (Å²) in [7, 11) is 3.97. The summed E-state index contributed by atoms with van der Waals surface area (Å²) in [5.74, 6) is 0.468. The van der Waals surface area contributed by atoms with Crippen LogP contribution in [0.2, 0.25) is 0 Å². The third-order valence-electron chi connectivity index (χ3n) is 2.00. The Labute approximate surface area is 90.3 Å². The molecule has 0 aliphatic heterocycles. The molecule has 0 saturated heterocycles. The number of ketones is 1. The zero-order valence-corrected chi connectivity index (χ0v) is 9.42. The van der Waals surface area contributed by atoms with Gasteiger partial charge in [-0.25, -0.2) is 0 Å². The van der Waals surface area contributed by atoms with Crippen molar-refractivity contribution in [2.45, 2.75) is 6.42 Å². The third-order valence-corrected chi connectivity index (χ3v) is 2.36. The Morgan fingerprint density at radius 3 is 2.71 bits per heavy atom. The molecule has 0 N–H and O–H groups in total. The normalized spacial score (nSPS) is 9.93. The van der Waals surface area contributed by atoms with Crippen LogP contribution in [-0.2, 0) is 11.2 Å². The summed E-state index contributed by atoms with van der Waals surface area (Å²) in [5, 5.41) is 0. The van der Waals surface area contributed by atoms with E-state index in [1.807, 2.05) is 43.3 Å². The van der Waals surface area contributed by atoms with E-state index in [4.69, 9.17) is 0 Å². The van der Waals surface area contributed by atoms with Crippen molar-refractivity contribution in [1.29, 1.82) is 0 Å². The summed E-state index contributed by atoms with van der Waals surface area (Å²) in [6.45, 7) is 0. The lowest BCUT2D eigenvalue weighted by molar-refractivity contribution is -0.115. The molecule has 0 aromatic heterocycles. The molecule has 2 nitrogen and oxygen atoms in total. The van der Waals surface area contributed by atoms with Crippen molar-refractivity contribution in [3.63, 3.8) is 0 Å². The smallest absolute Gasteiger partial charge is 0.146 e. The summed E-state index contributed by atoms with van der Waals surface area (Å²) in [4.78, 5) is 13.2. The highest BCUT2D eigenvalue weighted by Crippen LogP contribution is 2.13. The third kappa shape index (κ3) is 3.07. The van der Waals surface area contributed by atoms with E-state index in [2.05, 4.69) is 12.6 Å². The van der Waals surface area contributed by atoms with E-state index >= 15 is 0 Å². The first-order valence-electron chi connectivity index (χ1n) is 4.52. The van der Waals surface area contributed by atoms with Crippen molar-refractivity contribution < 1.29 is 4.79 Å². The molecular weight excluding hydrogens is 194 g/mol. The molecule has 1 rings (SSSR count). The molecule has 3 heteroatoms. The molecule has 76 valence electrons. The van der Waals surface area contributed by atoms with E-state index in [-0.39, 0.29) is 5.78 Å². The quantitative estimate of drug-likeness (QED) is 0.763. The van der Waals surface area contributed by atoms with Gasteiger partial charge in [-0.3, -0.25) is 4.79 Å². The average molecular weight is 209 g/mol. The first kappa shape index (κ1) is 11.1. The van der Waals surface area contributed by atoms with Crippen molar-refractivity contribution in [3.05, 3.63) is 29.8 Å². The summed E-state index contributed by atoms with van der Waals surface area (Å²) >= 11 is 3.95. The molecule has 1 aromatic carbocycles. The Bertz CT molecular complexity index is 323. The van der Waals surface area contributed by atoms with Crippen LogP contribution in [0.5, 0.6) is 0 Å². The van der Waals surface area contributed by atoms with Gasteiger partial charge in [-0.2, -0.15) is 12.6 Å². The van der Waals surface area contributed by atoms with E-state index in [1.165, 1.54) is 0 Å². The van der Waals surface area contributed by atoms with E-state index in [9.17, 15) is 4.79 Å². The van der Waals surface area contributed by atoms with E-state index in [0.717, 1.165) is 11.3 Å². The minimum absolute atomic E-state index is 0.157. The molecule has 0 bridgehead atoms. The average Bonchev–Trinajstić information content (AvgIpc) is 2.18. The number of Topliss-reactive ketones (excluding diaryl/α,β-unsaturated/α-hetero) is 1. The fraction of sp³-hybridized carbons (Fsp3) is 0.364. The van der Waals surface area contributed by atoms with Crippen molar-refractivity contribution in [2.75, 3.05) is 24.7 Å². The van der Waals surface area contributed by atoms with Crippen LogP contribution in [0, 0.1) is 0 Å². The lowest BCUT2D eigenvalue weighted by atomic mass is 10.1. The molecular formula is C11H15NOS. The second-order valence-electron chi connectivity index (χ2n) is 3.44. The fourth-order valence-electron chi connectivity index (χ4n) is 1.23. The number of anilines is 1. The minimum Gasteiger partial charge on any atom is -0.378 e. The lowest BCUT2D eigenvalue weighted by Gasteiger charge is -2.13. The molecule has 0 amide bonds. The summed E-state index contributed by atoms with van der Waals surface area (Å²) in [6.07, 6.45) is 0.477. The van der Waals surface area contributed by atoms with Gasteiger partial charge in [-0.05, 0) is 17.7 Å². The number of benzene rings is 1. The molecule has 0 aliphatic rings. The van der Waals surface area contributed by atoms with Gasteiger partial charge in [0, 0.05) is 32.0 Å². The molecule has 0 atom stereocenters. The second-order valence-corrected chi connectivity index (χ2v) is 3.75. The maximum atomic E-state index is 11.2. The lowest BCUT2D eigenvalue weighted by Crippen LogP contribution is -2.10. The summed E-state index contributed by atoms with van der Waals surface area (Å²) in [6, 6.07) is 7.99. The Hall–Kier alpha value is -0.960. The summed E-state index contributed by atoms with van der Waals surface area (Å²) < 4.78 is 0. The van der Waals surface area contributed by atoms with E-state index in [0.29, 0.717) is 12.2 Å². The fourth-order valence-corrected chi connectivity index (χ4v) is 1.34. The highest BCUT2D eigenvalue weighted by atomic mass is 32.1. The Balaban J connectivity index is 2.78. The summed E-state index contributed by atoms with van der Waals surface area (Å²) in [5.41, 5.74) is 2.17. The maximum absolute atomic E-state index is 11.2. The van der Waals surface area contributed by atoms with Gasteiger partial charge in [-0.15, -0.1) is 0 Å². The van der Waals surface area contributed by atoms with E-state index in [1.54, 1.807) is 0 Å². The predicted molar refractivity (Wildman–Crippen MR) is 63.3 cm³/mol. The monoisotopic (exact) mass is 209 g/mol. The van der Waals surface area contributed by atoms with Crippen LogP contribution < -0.4 is 4.90 Å². The van der Waals surface area contributed by atoms with E-state index < -0.39 is 0 Å². The SMILES string of the molecule is CN(C)c1cccc(CC(=O)CS)c1. The topological polar surface area (TPSA) is 20.3 Å². The highest BCUT2D eigenvalue weighted by Gasteiger charge is 2.02. The highest BCUT2D eigenvalue weighted by molar-refractivity contribution is 7.81. The maximum Gasteiger partial charge on any atom is 0.146 e. The first-order valence-corrected chi connectivity index (χ1v) is 5.15. The Kier molecular flexibility index (Phi) is 4.01. The largest absolute Gasteiger partial charge is 0.378 e. The molecule has 0 radical (unpaired) electrons. The predicted octanol–water partition coefficient (Wildman–Crippen LogP) is 1.79. The van der Waals surface area contributed by atoms with Gasteiger partial charge >= 0.3 is 0 Å². The van der Waals surface area contributed by atoms with Crippen LogP contribution in [-0.4, -0.2) is 25.6 Å². The number of rotatable bonds is 4. The Morgan fingerprint density at radius 2 is 2.14 bits per heavy atom. The van der Waals surface area contributed by atoms with Crippen LogP contribution in [0.15, 0.2) is 24.3 Å². The van der Waals surface area contributed by atoms with Gasteiger partial charge in [0.1, 0.15) is 5.78 Å².